The lowest BCUT2D eigenvalue weighted by Gasteiger charge is -2.34. The second-order valence-electron chi connectivity index (χ2n) is 9.29. The number of halogens is 1. The number of hydrogen-bond acceptors (Lipinski definition) is 3. The van der Waals surface area contributed by atoms with Gasteiger partial charge in [0.15, 0.2) is 15.8 Å². The lowest BCUT2D eigenvalue weighted by atomic mass is 9.73. The van der Waals surface area contributed by atoms with Crippen molar-refractivity contribution in [2.24, 2.45) is 16.3 Å². The highest BCUT2D eigenvalue weighted by Gasteiger charge is 2.40. The summed E-state index contributed by atoms with van der Waals surface area (Å²) >= 11 is 0. The van der Waals surface area contributed by atoms with Crippen molar-refractivity contribution in [2.45, 2.75) is 76.7 Å². The van der Waals surface area contributed by atoms with Gasteiger partial charge < -0.3 is 10.2 Å². The Hall–Kier alpha value is -0.0500. The van der Waals surface area contributed by atoms with Crippen molar-refractivity contribution >= 4 is 39.8 Å². The zero-order valence-electron chi connectivity index (χ0n) is 16.5. The average Bonchev–Trinajstić information content (AvgIpc) is 3.34. The molecule has 0 aromatic heterocycles. The topological polar surface area (TPSA) is 61.8 Å². The first-order valence-electron chi connectivity index (χ1n) is 10.8. The smallest absolute Gasteiger partial charge is 0.194 e. The van der Waals surface area contributed by atoms with E-state index in [-0.39, 0.29) is 29.9 Å². The molecule has 0 radical (unpaired) electrons. The summed E-state index contributed by atoms with van der Waals surface area (Å²) in [5.41, 5.74) is 0.521. The molecule has 5 nitrogen and oxygen atoms in total. The van der Waals surface area contributed by atoms with Crippen LogP contribution in [-0.4, -0.2) is 56.5 Å². The third-order valence-electron chi connectivity index (χ3n) is 7.17. The van der Waals surface area contributed by atoms with Crippen LogP contribution in [-0.2, 0) is 9.84 Å². The minimum Gasteiger partial charge on any atom is -0.354 e. The second kappa shape index (κ2) is 9.18. The molecule has 2 saturated carbocycles. The molecule has 4 aliphatic rings. The fraction of sp³-hybridized carbons (Fsp3) is 0.950. The van der Waals surface area contributed by atoms with Gasteiger partial charge in [-0.3, -0.25) is 4.99 Å². The van der Waals surface area contributed by atoms with E-state index in [4.69, 9.17) is 4.99 Å². The van der Waals surface area contributed by atoms with Gasteiger partial charge in [-0.2, -0.15) is 0 Å². The normalized spacial score (nSPS) is 30.6. The van der Waals surface area contributed by atoms with Gasteiger partial charge in [-0.05, 0) is 49.9 Å². The first kappa shape index (κ1) is 21.7. The molecular weight excluding hydrogens is 473 g/mol. The molecule has 156 valence electrons. The molecule has 2 saturated heterocycles. The van der Waals surface area contributed by atoms with Crippen LogP contribution in [0.15, 0.2) is 4.99 Å². The Morgan fingerprint density at radius 3 is 2.44 bits per heavy atom. The standard InChI is InChI=1S/C20H35N3O2S.HI/c24-26(25)13-8-17(15-26)14-21-19(22-18-6-2-3-7-18)23-12-11-20(16-23)9-4-1-5-10-20;/h17-18H,1-16H2,(H,21,22);1H. The van der Waals surface area contributed by atoms with Crippen LogP contribution >= 0.6 is 24.0 Å². The third-order valence-corrected chi connectivity index (χ3v) is 9.00. The summed E-state index contributed by atoms with van der Waals surface area (Å²) < 4.78 is 23.5. The van der Waals surface area contributed by atoms with Crippen LogP contribution in [0.1, 0.15) is 70.6 Å². The molecule has 2 aliphatic heterocycles. The highest BCUT2D eigenvalue weighted by Crippen LogP contribution is 2.43. The molecule has 2 aliphatic carbocycles. The van der Waals surface area contributed by atoms with Crippen LogP contribution in [0.3, 0.4) is 0 Å². The van der Waals surface area contributed by atoms with Crippen molar-refractivity contribution < 1.29 is 8.42 Å². The molecule has 1 N–H and O–H groups in total. The number of rotatable bonds is 3. The van der Waals surface area contributed by atoms with Crippen LogP contribution < -0.4 is 5.32 Å². The number of likely N-dealkylation sites (tertiary alicyclic amines) is 1. The van der Waals surface area contributed by atoms with Gasteiger partial charge in [0.25, 0.3) is 0 Å². The van der Waals surface area contributed by atoms with E-state index in [1.807, 2.05) is 0 Å². The Labute approximate surface area is 182 Å². The van der Waals surface area contributed by atoms with E-state index >= 15 is 0 Å². The lowest BCUT2D eigenvalue weighted by Crippen LogP contribution is -2.45. The Morgan fingerprint density at radius 1 is 1.04 bits per heavy atom. The first-order chi connectivity index (χ1) is 12.5. The van der Waals surface area contributed by atoms with Crippen molar-refractivity contribution in [2.75, 3.05) is 31.1 Å². The van der Waals surface area contributed by atoms with Crippen LogP contribution in [0, 0.1) is 11.3 Å². The summed E-state index contributed by atoms with van der Waals surface area (Å²) in [5.74, 6) is 1.97. The third kappa shape index (κ3) is 5.52. The van der Waals surface area contributed by atoms with Crippen molar-refractivity contribution in [3.05, 3.63) is 0 Å². The molecular formula is C20H36IN3O2S. The van der Waals surface area contributed by atoms with Gasteiger partial charge in [-0.15, -0.1) is 24.0 Å². The Balaban J connectivity index is 0.00000210. The van der Waals surface area contributed by atoms with E-state index < -0.39 is 9.84 Å². The van der Waals surface area contributed by atoms with Crippen LogP contribution in [0.4, 0.5) is 0 Å². The van der Waals surface area contributed by atoms with Crippen LogP contribution in [0.5, 0.6) is 0 Å². The van der Waals surface area contributed by atoms with E-state index in [1.165, 1.54) is 64.2 Å². The maximum absolute atomic E-state index is 11.7. The Kier molecular flexibility index (Phi) is 7.36. The van der Waals surface area contributed by atoms with Crippen molar-refractivity contribution in [3.8, 4) is 0 Å². The minimum absolute atomic E-state index is 0. The fourth-order valence-electron chi connectivity index (χ4n) is 5.55. The van der Waals surface area contributed by atoms with E-state index in [0.717, 1.165) is 25.5 Å². The summed E-state index contributed by atoms with van der Waals surface area (Å²) in [6, 6.07) is 0.559. The predicted octanol–water partition coefficient (Wildman–Crippen LogP) is 3.58. The maximum Gasteiger partial charge on any atom is 0.194 e. The monoisotopic (exact) mass is 509 g/mol. The second-order valence-corrected chi connectivity index (χ2v) is 11.5. The average molecular weight is 509 g/mol. The largest absolute Gasteiger partial charge is 0.354 e. The molecule has 27 heavy (non-hydrogen) atoms. The summed E-state index contributed by atoms with van der Waals surface area (Å²) in [4.78, 5) is 7.45. The number of hydrogen-bond donors (Lipinski definition) is 1. The molecule has 0 amide bonds. The molecule has 0 aromatic rings. The Bertz CT molecular complexity index is 625. The zero-order chi connectivity index (χ0) is 18.0. The van der Waals surface area contributed by atoms with E-state index in [2.05, 4.69) is 10.2 Å². The van der Waals surface area contributed by atoms with Crippen molar-refractivity contribution in [3.63, 3.8) is 0 Å². The van der Waals surface area contributed by atoms with Gasteiger partial charge in [0.1, 0.15) is 0 Å². The Morgan fingerprint density at radius 2 is 1.78 bits per heavy atom. The molecule has 1 atom stereocenters. The summed E-state index contributed by atoms with van der Waals surface area (Å²) in [7, 11) is -2.81. The van der Waals surface area contributed by atoms with Crippen LogP contribution in [0.2, 0.25) is 0 Å². The number of guanidine groups is 1. The van der Waals surface area contributed by atoms with E-state index in [1.54, 1.807) is 0 Å². The molecule has 1 spiro atoms. The van der Waals surface area contributed by atoms with Crippen molar-refractivity contribution in [1.82, 2.24) is 10.2 Å². The van der Waals surface area contributed by atoms with Gasteiger partial charge in [0, 0.05) is 25.7 Å². The van der Waals surface area contributed by atoms with Gasteiger partial charge in [0.2, 0.25) is 0 Å². The molecule has 2 heterocycles. The highest BCUT2D eigenvalue weighted by molar-refractivity contribution is 14.0. The van der Waals surface area contributed by atoms with Gasteiger partial charge in [0.05, 0.1) is 11.5 Å². The summed E-state index contributed by atoms with van der Waals surface area (Å²) in [5, 5.41) is 3.75. The molecule has 7 heteroatoms. The maximum atomic E-state index is 11.7. The molecule has 4 rings (SSSR count). The predicted molar refractivity (Wildman–Crippen MR) is 122 cm³/mol. The van der Waals surface area contributed by atoms with Gasteiger partial charge in [-0.25, -0.2) is 8.42 Å². The van der Waals surface area contributed by atoms with Crippen LogP contribution in [0.25, 0.3) is 0 Å². The quantitative estimate of drug-likeness (QED) is 0.359. The van der Waals surface area contributed by atoms with E-state index in [0.29, 0.717) is 29.5 Å². The molecule has 0 aromatic carbocycles. The number of nitrogens with one attached hydrogen (secondary N) is 1. The van der Waals surface area contributed by atoms with Gasteiger partial charge in [-0.1, -0.05) is 32.1 Å². The fourth-order valence-corrected chi connectivity index (χ4v) is 7.40. The number of aliphatic imine (C=N–C) groups is 1. The molecule has 0 bridgehead atoms. The van der Waals surface area contributed by atoms with Crippen molar-refractivity contribution in [1.29, 1.82) is 0 Å². The molecule has 1 unspecified atom stereocenters. The minimum atomic E-state index is -2.81. The molecule has 4 fully saturated rings. The highest BCUT2D eigenvalue weighted by atomic mass is 127. The first-order valence-corrected chi connectivity index (χ1v) is 12.6. The summed E-state index contributed by atoms with van der Waals surface area (Å²) in [6.07, 6.45) is 14.1. The zero-order valence-corrected chi connectivity index (χ0v) is 19.6. The summed E-state index contributed by atoms with van der Waals surface area (Å²) in [6.45, 7) is 2.92. The lowest BCUT2D eigenvalue weighted by molar-refractivity contribution is 0.203. The van der Waals surface area contributed by atoms with Gasteiger partial charge >= 0.3 is 0 Å². The number of nitrogens with zero attached hydrogens (tertiary/aromatic N) is 2. The number of sulfone groups is 1. The SMILES string of the molecule is I.O=S1(=O)CCC(CN=C(NC2CCCC2)N2CCC3(CCCCC3)C2)C1. The van der Waals surface area contributed by atoms with E-state index in [9.17, 15) is 8.42 Å².